The lowest BCUT2D eigenvalue weighted by atomic mass is 9.33. The van der Waals surface area contributed by atoms with Gasteiger partial charge in [0.15, 0.2) is 0 Å². The topological polar surface area (TPSA) is 38.4 Å². The summed E-state index contributed by atoms with van der Waals surface area (Å²) in [6.07, 6.45) is 0. The molecular formula is C63H48BN5S. The highest BCUT2D eigenvalue weighted by molar-refractivity contribution is 7.26. The van der Waals surface area contributed by atoms with Crippen LogP contribution in [0, 0.1) is 11.3 Å². The Hall–Kier alpha value is -8.05. The molecule has 0 aliphatic carbocycles. The Labute approximate surface area is 454 Å². The molecule has 0 radical (unpaired) electrons. The molecule has 0 saturated heterocycles. The quantitative estimate of drug-likeness (QED) is 0.165. The van der Waals surface area contributed by atoms with E-state index in [2.05, 4.69) is 0 Å². The van der Waals surface area contributed by atoms with Crippen molar-refractivity contribution >= 4 is 128 Å². The molecule has 9 aromatic carbocycles. The average molecular weight is 948 g/mol. The Morgan fingerprint density at radius 1 is 0.514 bits per heavy atom. The summed E-state index contributed by atoms with van der Waals surface area (Å²) in [5, 5.41) is 9.84. The van der Waals surface area contributed by atoms with E-state index in [1.165, 1.54) is 0 Å². The molecule has 334 valence electrons. The van der Waals surface area contributed by atoms with Crippen LogP contribution in [0.15, 0.2) is 181 Å². The predicted molar refractivity (Wildman–Crippen MR) is 298 cm³/mol. The van der Waals surface area contributed by atoms with Crippen LogP contribution in [-0.2, 0) is 10.8 Å². The maximum absolute atomic E-state index is 11.5. The van der Waals surface area contributed by atoms with Crippen molar-refractivity contribution in [2.75, 3.05) is 14.7 Å². The van der Waals surface area contributed by atoms with Gasteiger partial charge in [0, 0.05) is 65.1 Å². The Kier molecular flexibility index (Phi) is 4.33. The number of benzene rings is 9. The second-order valence-corrected chi connectivity index (χ2v) is 20.0. The van der Waals surface area contributed by atoms with Crippen molar-refractivity contribution in [2.45, 2.75) is 52.4 Å². The first-order valence-electron chi connectivity index (χ1n) is 36.9. The first-order chi connectivity index (χ1) is 46.5. The van der Waals surface area contributed by atoms with E-state index in [4.69, 9.17) is 5.48 Å². The normalized spacial score (nSPS) is 19.5. The van der Waals surface area contributed by atoms with Gasteiger partial charge in [0.1, 0.15) is 0 Å². The molecule has 0 atom stereocenters. The monoisotopic (exact) mass is 948 g/mol. The van der Waals surface area contributed by atoms with Gasteiger partial charge in [-0.2, -0.15) is 5.26 Å². The van der Waals surface area contributed by atoms with Crippen molar-refractivity contribution in [2.24, 2.45) is 0 Å². The summed E-state index contributed by atoms with van der Waals surface area (Å²) in [6.45, 7) is 7.43. The SMILES string of the molecule is [2H]c1c([2H])c2c3c(c1[2H])-n1c4c([2H])c([2H])c([2H])c([2H])c4c4c([2H])c([2H])c([2H])c(c41)N3c1c([2H])c(C#N)c([2H])c3c1B2c1c([2H])c([2H])c(N(c2c([2H])c([2H])c(C(C)(C)C)c([2H])c2[2H])c2c([2H])c([2H])c(C(C)(C)C)c([2H])c2[2H])c([2H])c1N3c1c([2H])c([2H])c([2H])c2sc3c([2H])c([2H])c([2H])c([2H])c3c12. The van der Waals surface area contributed by atoms with Gasteiger partial charge in [-0.3, -0.25) is 0 Å². The van der Waals surface area contributed by atoms with Crippen LogP contribution in [-0.4, -0.2) is 11.3 Å². The lowest BCUT2D eigenvalue weighted by Crippen LogP contribution is -2.61. The van der Waals surface area contributed by atoms with E-state index in [-0.39, 0.29) is 26.0 Å². The standard InChI is InChI=1S/C63H48BN5S/c1-62(2,3)39-24-28-41(29-25-39)66(42-30-26-40(27-31-42)63(4,5)6)43-32-33-47-53(36-43)67(50-19-13-23-57-58(50)46-15-8-10-22-56(46)70-57)54-34-38(37-65)35-55-59(54)64(47)48-17-12-21-52-61(48)69(55)51-20-11-16-45-44-14-7-9-18-49(44)68(52)60(45)51/h7-36H,1-6H3/i7D,8D,9D,10D,11D,12D,13D,14D,15D,16D,17D,18D,19D,20D,21D,22D,23D,24D,25D,26D,27D,28D,29D,30D,31D,32D,33D,34D,35D,36D. The van der Waals surface area contributed by atoms with Gasteiger partial charge in [-0.05, 0) is 123 Å². The van der Waals surface area contributed by atoms with Crippen LogP contribution < -0.4 is 31.1 Å². The van der Waals surface area contributed by atoms with Crippen molar-refractivity contribution < 1.29 is 41.1 Å². The average Bonchev–Trinajstić information content (AvgIpc) is 1.13. The Morgan fingerprint density at radius 3 is 1.81 bits per heavy atom. The van der Waals surface area contributed by atoms with Crippen molar-refractivity contribution in [3.05, 3.63) is 198 Å². The Balaban J connectivity index is 1.29. The van der Waals surface area contributed by atoms with Gasteiger partial charge in [-0.15, -0.1) is 11.3 Å². The molecule has 0 saturated carbocycles. The van der Waals surface area contributed by atoms with Crippen LogP contribution in [0.4, 0.5) is 51.2 Å². The van der Waals surface area contributed by atoms with Gasteiger partial charge < -0.3 is 19.3 Å². The fourth-order valence-corrected chi connectivity index (χ4v) is 10.5. The van der Waals surface area contributed by atoms with Crippen LogP contribution in [0.2, 0.25) is 0 Å². The van der Waals surface area contributed by atoms with E-state index in [1.54, 1.807) is 41.5 Å². The summed E-state index contributed by atoms with van der Waals surface area (Å²) in [4.78, 5) is 2.45. The number of nitrogens with zero attached hydrogens (tertiary/aromatic N) is 5. The largest absolute Gasteiger partial charge is 0.311 e. The molecule has 3 aliphatic heterocycles. The third-order valence-corrected chi connectivity index (χ3v) is 13.7. The highest BCUT2D eigenvalue weighted by Crippen LogP contribution is 2.54. The highest BCUT2D eigenvalue weighted by Gasteiger charge is 2.46. The van der Waals surface area contributed by atoms with Gasteiger partial charge in [0.05, 0.1) is 86.5 Å². The minimum atomic E-state index is -2.13. The molecule has 5 nitrogen and oxygen atoms in total. The second-order valence-electron chi connectivity index (χ2n) is 18.9. The summed E-state index contributed by atoms with van der Waals surface area (Å²) in [5.74, 6) is 0. The molecule has 70 heavy (non-hydrogen) atoms. The third kappa shape index (κ3) is 5.71. The Bertz CT molecular complexity index is 5750. The van der Waals surface area contributed by atoms with E-state index in [9.17, 15) is 40.9 Å². The summed E-state index contributed by atoms with van der Waals surface area (Å²) in [7, 11) is 0. The van der Waals surface area contributed by atoms with Crippen molar-refractivity contribution in [1.29, 1.82) is 5.26 Å². The first-order valence-corrected chi connectivity index (χ1v) is 22.7. The molecule has 5 heterocycles. The zero-order chi connectivity index (χ0) is 73.5. The molecule has 11 aromatic rings. The van der Waals surface area contributed by atoms with Crippen molar-refractivity contribution in [3.8, 4) is 11.8 Å². The number of nitriles is 1. The van der Waals surface area contributed by atoms with Gasteiger partial charge in [0.25, 0.3) is 6.71 Å². The van der Waals surface area contributed by atoms with Crippen molar-refractivity contribution in [1.82, 2.24) is 4.57 Å². The molecule has 14 rings (SSSR count). The van der Waals surface area contributed by atoms with Gasteiger partial charge >= 0.3 is 0 Å². The van der Waals surface area contributed by atoms with E-state index < -0.39 is 305 Å². The van der Waals surface area contributed by atoms with Gasteiger partial charge in [0.2, 0.25) is 0 Å². The fraction of sp³-hybridized carbons (Fsp3) is 0.127. The highest BCUT2D eigenvalue weighted by atomic mass is 32.1. The summed E-state index contributed by atoms with van der Waals surface area (Å²) in [5.41, 5.74) is -13.6. The van der Waals surface area contributed by atoms with Crippen LogP contribution in [0.1, 0.15) is 99.4 Å². The number of thiophene rings is 1. The number of hydrogen-bond acceptors (Lipinski definition) is 5. The summed E-state index contributed by atoms with van der Waals surface area (Å²) < 4.78 is 292. The molecule has 0 amide bonds. The van der Waals surface area contributed by atoms with Crippen LogP contribution in [0.25, 0.3) is 47.7 Å². The van der Waals surface area contributed by atoms with Crippen LogP contribution in [0.5, 0.6) is 0 Å². The predicted octanol–water partition coefficient (Wildman–Crippen LogP) is 15.5. The first kappa shape index (κ1) is 20.9. The van der Waals surface area contributed by atoms with E-state index >= 15 is 0 Å². The number of fused-ring (bicyclic) bond motifs is 12. The number of hydrogen-bond donors (Lipinski definition) is 0. The fourth-order valence-electron chi connectivity index (χ4n) is 9.57. The number of aromatic nitrogens is 1. The number of rotatable bonds is 4. The van der Waals surface area contributed by atoms with Gasteiger partial charge in [-0.25, -0.2) is 0 Å². The smallest absolute Gasteiger partial charge is 0.252 e. The lowest BCUT2D eigenvalue weighted by molar-refractivity contribution is 0.590. The zero-order valence-electron chi connectivity index (χ0n) is 67.7. The maximum atomic E-state index is 11.5. The van der Waals surface area contributed by atoms with Crippen LogP contribution >= 0.6 is 11.3 Å². The Morgan fingerprint density at radius 2 is 1.10 bits per heavy atom. The number of anilines is 9. The molecule has 0 spiro atoms. The van der Waals surface area contributed by atoms with Gasteiger partial charge in [-0.1, -0.05) is 138 Å². The minimum absolute atomic E-state index is 0.167. The molecule has 3 aliphatic rings. The lowest BCUT2D eigenvalue weighted by Gasteiger charge is -2.46. The molecule has 0 bridgehead atoms. The molecule has 0 N–H and O–H groups in total. The molecule has 0 unspecified atom stereocenters. The maximum Gasteiger partial charge on any atom is 0.252 e. The van der Waals surface area contributed by atoms with Crippen molar-refractivity contribution in [3.63, 3.8) is 0 Å². The molecule has 2 aromatic heterocycles. The third-order valence-electron chi connectivity index (χ3n) is 12.7. The zero-order valence-corrected chi connectivity index (χ0v) is 38.5. The van der Waals surface area contributed by atoms with E-state index in [0.29, 0.717) is 16.2 Å². The summed E-state index contributed by atoms with van der Waals surface area (Å²) in [6, 6.07) is -24.4. The second kappa shape index (κ2) is 14.5. The minimum Gasteiger partial charge on any atom is -0.311 e. The van der Waals surface area contributed by atoms with E-state index in [1.807, 2.05) is 6.07 Å². The van der Waals surface area contributed by atoms with E-state index in [0.717, 1.165) is 14.4 Å². The molecular weight excluding hydrogens is 870 g/mol. The number of para-hydroxylation sites is 3. The molecule has 7 heteroatoms. The summed E-state index contributed by atoms with van der Waals surface area (Å²) >= 11 is 0.576. The van der Waals surface area contributed by atoms with Crippen LogP contribution in [0.3, 0.4) is 0 Å². The molecule has 0 fully saturated rings.